The number of para-hydroxylation sites is 1. The number of aromatic nitrogens is 3. The molecule has 0 spiro atoms. The van der Waals surface area contributed by atoms with E-state index in [1.165, 1.54) is 12.8 Å². The van der Waals surface area contributed by atoms with Gasteiger partial charge in [-0.15, -0.1) is 5.10 Å². The molecule has 0 unspecified atom stereocenters. The lowest BCUT2D eigenvalue weighted by Crippen LogP contribution is -2.19. The van der Waals surface area contributed by atoms with Gasteiger partial charge in [0, 0.05) is 6.54 Å². The summed E-state index contributed by atoms with van der Waals surface area (Å²) >= 11 is 0. The monoisotopic (exact) mass is 258 g/mol. The van der Waals surface area contributed by atoms with Gasteiger partial charge < -0.3 is 4.90 Å². The minimum atomic E-state index is 0.860. The van der Waals surface area contributed by atoms with Crippen LogP contribution in [0.25, 0.3) is 5.69 Å². The second-order valence-electron chi connectivity index (χ2n) is 4.96. The van der Waals surface area contributed by atoms with Crippen LogP contribution in [-0.4, -0.2) is 33.5 Å². The third-order valence-corrected chi connectivity index (χ3v) is 3.30. The SMILES string of the molecule is CCCCN(C)Cc1nnn(-c2ccccc2)c1C. The van der Waals surface area contributed by atoms with Crippen LogP contribution < -0.4 is 0 Å². The van der Waals surface area contributed by atoms with Crippen LogP contribution in [0, 0.1) is 6.92 Å². The number of benzene rings is 1. The van der Waals surface area contributed by atoms with Crippen molar-refractivity contribution in [3.8, 4) is 5.69 Å². The predicted octanol–water partition coefficient (Wildman–Crippen LogP) is 2.81. The highest BCUT2D eigenvalue weighted by Gasteiger charge is 2.11. The Balaban J connectivity index is 2.10. The Bertz CT molecular complexity index is 504. The van der Waals surface area contributed by atoms with Crippen LogP contribution in [0.4, 0.5) is 0 Å². The molecule has 1 aromatic carbocycles. The predicted molar refractivity (Wildman–Crippen MR) is 77.3 cm³/mol. The van der Waals surface area contributed by atoms with Gasteiger partial charge in [0.1, 0.15) is 5.69 Å². The van der Waals surface area contributed by atoms with E-state index < -0.39 is 0 Å². The van der Waals surface area contributed by atoms with Gasteiger partial charge in [-0.05, 0) is 39.1 Å². The third-order valence-electron chi connectivity index (χ3n) is 3.30. The molecule has 102 valence electrons. The Morgan fingerprint density at radius 1 is 1.21 bits per heavy atom. The summed E-state index contributed by atoms with van der Waals surface area (Å²) in [5.41, 5.74) is 3.24. The smallest absolute Gasteiger partial charge is 0.100 e. The molecule has 0 aliphatic heterocycles. The number of hydrogen-bond donors (Lipinski definition) is 0. The molecule has 1 heterocycles. The van der Waals surface area contributed by atoms with E-state index in [0.717, 1.165) is 30.2 Å². The summed E-state index contributed by atoms with van der Waals surface area (Å²) in [6.45, 7) is 6.26. The van der Waals surface area contributed by atoms with Gasteiger partial charge in [0.15, 0.2) is 0 Å². The Kier molecular flexibility index (Phi) is 4.68. The Labute approximate surface area is 115 Å². The zero-order chi connectivity index (χ0) is 13.7. The minimum absolute atomic E-state index is 0.860. The van der Waals surface area contributed by atoms with Gasteiger partial charge in [0.2, 0.25) is 0 Å². The molecule has 4 nitrogen and oxygen atoms in total. The highest BCUT2D eigenvalue weighted by molar-refractivity contribution is 5.32. The molecule has 0 aliphatic rings. The molecule has 0 bridgehead atoms. The molecule has 0 atom stereocenters. The van der Waals surface area contributed by atoms with Crippen LogP contribution in [0.3, 0.4) is 0 Å². The second-order valence-corrected chi connectivity index (χ2v) is 4.96. The lowest BCUT2D eigenvalue weighted by atomic mass is 10.2. The number of unbranched alkanes of at least 4 members (excludes halogenated alkanes) is 1. The molecule has 1 aromatic heterocycles. The van der Waals surface area contributed by atoms with E-state index in [4.69, 9.17) is 0 Å². The molecule has 0 radical (unpaired) electrons. The van der Waals surface area contributed by atoms with Gasteiger partial charge in [-0.3, -0.25) is 0 Å². The van der Waals surface area contributed by atoms with E-state index in [2.05, 4.69) is 36.1 Å². The van der Waals surface area contributed by atoms with E-state index in [0.29, 0.717) is 0 Å². The molecule has 0 saturated heterocycles. The lowest BCUT2D eigenvalue weighted by molar-refractivity contribution is 0.316. The average molecular weight is 258 g/mol. The molecule has 0 amide bonds. The Morgan fingerprint density at radius 2 is 1.95 bits per heavy atom. The molecule has 0 fully saturated rings. The largest absolute Gasteiger partial charge is 0.300 e. The molecule has 19 heavy (non-hydrogen) atoms. The van der Waals surface area contributed by atoms with Crippen LogP contribution in [0.15, 0.2) is 30.3 Å². The van der Waals surface area contributed by atoms with Crippen LogP contribution in [0.2, 0.25) is 0 Å². The van der Waals surface area contributed by atoms with Crippen molar-refractivity contribution in [3.05, 3.63) is 41.7 Å². The molecule has 0 aliphatic carbocycles. The fraction of sp³-hybridized carbons (Fsp3) is 0.467. The van der Waals surface area contributed by atoms with E-state index in [1.54, 1.807) is 0 Å². The average Bonchev–Trinajstić information content (AvgIpc) is 2.79. The van der Waals surface area contributed by atoms with E-state index >= 15 is 0 Å². The molecular weight excluding hydrogens is 236 g/mol. The van der Waals surface area contributed by atoms with Gasteiger partial charge >= 0.3 is 0 Å². The van der Waals surface area contributed by atoms with Crippen molar-refractivity contribution in [1.29, 1.82) is 0 Å². The normalized spacial score (nSPS) is 11.2. The van der Waals surface area contributed by atoms with E-state index in [9.17, 15) is 0 Å². The van der Waals surface area contributed by atoms with E-state index in [-0.39, 0.29) is 0 Å². The zero-order valence-corrected chi connectivity index (χ0v) is 12.0. The summed E-state index contributed by atoms with van der Waals surface area (Å²) in [6.07, 6.45) is 2.45. The molecule has 0 N–H and O–H groups in total. The first-order chi connectivity index (χ1) is 9.22. The molecule has 0 saturated carbocycles. The first-order valence-electron chi connectivity index (χ1n) is 6.87. The van der Waals surface area contributed by atoms with Crippen LogP contribution >= 0.6 is 0 Å². The van der Waals surface area contributed by atoms with Crippen molar-refractivity contribution < 1.29 is 0 Å². The fourth-order valence-electron chi connectivity index (χ4n) is 2.08. The summed E-state index contributed by atoms with van der Waals surface area (Å²) < 4.78 is 1.91. The highest BCUT2D eigenvalue weighted by Crippen LogP contribution is 2.13. The summed E-state index contributed by atoms with van der Waals surface area (Å²) in [5, 5.41) is 8.57. The van der Waals surface area contributed by atoms with Gasteiger partial charge in [-0.2, -0.15) is 0 Å². The van der Waals surface area contributed by atoms with E-state index in [1.807, 2.05) is 35.0 Å². The second kappa shape index (κ2) is 6.48. The minimum Gasteiger partial charge on any atom is -0.300 e. The maximum absolute atomic E-state index is 4.31. The number of rotatable bonds is 6. The van der Waals surface area contributed by atoms with Gasteiger partial charge in [-0.1, -0.05) is 36.8 Å². The van der Waals surface area contributed by atoms with Crippen molar-refractivity contribution >= 4 is 0 Å². The Morgan fingerprint density at radius 3 is 2.63 bits per heavy atom. The molecule has 2 rings (SSSR count). The molecular formula is C15H22N4. The van der Waals surface area contributed by atoms with Crippen LogP contribution in [-0.2, 0) is 6.54 Å². The van der Waals surface area contributed by atoms with Crippen molar-refractivity contribution in [3.63, 3.8) is 0 Å². The summed E-state index contributed by atoms with van der Waals surface area (Å²) in [5.74, 6) is 0. The van der Waals surface area contributed by atoms with Gasteiger partial charge in [-0.25, -0.2) is 4.68 Å². The van der Waals surface area contributed by atoms with Gasteiger partial charge in [0.25, 0.3) is 0 Å². The van der Waals surface area contributed by atoms with Gasteiger partial charge in [0.05, 0.1) is 11.4 Å². The maximum atomic E-state index is 4.31. The number of hydrogen-bond acceptors (Lipinski definition) is 3. The molecule has 2 aromatic rings. The highest BCUT2D eigenvalue weighted by atomic mass is 15.4. The fourth-order valence-corrected chi connectivity index (χ4v) is 2.08. The van der Waals surface area contributed by atoms with Crippen molar-refractivity contribution in [2.45, 2.75) is 33.2 Å². The molecule has 4 heteroatoms. The van der Waals surface area contributed by atoms with Crippen LogP contribution in [0.1, 0.15) is 31.2 Å². The third kappa shape index (κ3) is 3.41. The van der Waals surface area contributed by atoms with Crippen molar-refractivity contribution in [2.75, 3.05) is 13.6 Å². The lowest BCUT2D eigenvalue weighted by Gasteiger charge is -2.14. The zero-order valence-electron chi connectivity index (χ0n) is 12.0. The van der Waals surface area contributed by atoms with Crippen LogP contribution in [0.5, 0.6) is 0 Å². The Hall–Kier alpha value is -1.68. The summed E-state index contributed by atoms with van der Waals surface area (Å²) in [6, 6.07) is 10.1. The quantitative estimate of drug-likeness (QED) is 0.799. The first-order valence-corrected chi connectivity index (χ1v) is 6.87. The topological polar surface area (TPSA) is 34.0 Å². The maximum Gasteiger partial charge on any atom is 0.100 e. The first kappa shape index (κ1) is 13.7. The van der Waals surface area contributed by atoms with Crippen molar-refractivity contribution in [2.24, 2.45) is 0 Å². The summed E-state index contributed by atoms with van der Waals surface area (Å²) in [7, 11) is 2.14. The summed E-state index contributed by atoms with van der Waals surface area (Å²) in [4.78, 5) is 2.30. The standard InChI is InChI=1S/C15H22N4/c1-4-5-11-18(3)12-15-13(2)19(17-16-15)14-9-7-6-8-10-14/h6-10H,4-5,11-12H2,1-3H3. The van der Waals surface area contributed by atoms with Crippen molar-refractivity contribution in [1.82, 2.24) is 19.9 Å². The number of nitrogens with zero attached hydrogens (tertiary/aromatic N) is 4.